The van der Waals surface area contributed by atoms with Gasteiger partial charge in [-0.05, 0) is 36.2 Å². The number of rotatable bonds is 6. The van der Waals surface area contributed by atoms with Gasteiger partial charge in [0, 0.05) is 34.7 Å². The molecular weight excluding hydrogens is 434 g/mol. The van der Waals surface area contributed by atoms with Crippen LogP contribution in [0.1, 0.15) is 44.9 Å². The Morgan fingerprint density at radius 3 is 2.45 bits per heavy atom. The minimum absolute atomic E-state index is 0.154. The van der Waals surface area contributed by atoms with Crippen LogP contribution in [0.5, 0.6) is 0 Å². The maximum atomic E-state index is 12.6. The molecule has 4 rings (SSSR count). The lowest BCUT2D eigenvalue weighted by Crippen LogP contribution is -2.28. The first kappa shape index (κ1) is 21.2. The van der Waals surface area contributed by atoms with Gasteiger partial charge in [0.2, 0.25) is 11.8 Å². The average Bonchev–Trinajstić information content (AvgIpc) is 3.26. The predicted octanol–water partition coefficient (Wildman–Crippen LogP) is 4.60. The molecule has 0 unspecified atom stereocenters. The highest BCUT2D eigenvalue weighted by atomic mass is 35.5. The van der Waals surface area contributed by atoms with Gasteiger partial charge in [-0.25, -0.2) is 4.98 Å². The van der Waals surface area contributed by atoms with Crippen LogP contribution in [-0.2, 0) is 22.6 Å². The molecule has 1 saturated heterocycles. The van der Waals surface area contributed by atoms with Crippen LogP contribution in [0.3, 0.4) is 0 Å². The first-order valence-corrected chi connectivity index (χ1v) is 11.0. The Morgan fingerprint density at radius 1 is 1.10 bits per heavy atom. The number of anilines is 1. The van der Waals surface area contributed by atoms with Gasteiger partial charge in [-0.1, -0.05) is 41.9 Å². The molecule has 2 aromatic carbocycles. The Morgan fingerprint density at radius 2 is 1.77 bits per heavy atom. The van der Waals surface area contributed by atoms with Gasteiger partial charge in [-0.2, -0.15) is 0 Å². The number of aryl methyl sites for hydroxylation is 1. The number of carbonyl (C=O) groups is 3. The molecule has 3 amide bonds. The van der Waals surface area contributed by atoms with Crippen molar-refractivity contribution < 1.29 is 14.4 Å². The fourth-order valence-electron chi connectivity index (χ4n) is 3.37. The summed E-state index contributed by atoms with van der Waals surface area (Å²) >= 11 is 7.68. The van der Waals surface area contributed by atoms with Crippen LogP contribution in [0.2, 0.25) is 5.02 Å². The molecule has 0 aliphatic carbocycles. The van der Waals surface area contributed by atoms with E-state index < -0.39 is 0 Å². The van der Waals surface area contributed by atoms with E-state index >= 15 is 0 Å². The zero-order valence-corrected chi connectivity index (χ0v) is 18.4. The van der Waals surface area contributed by atoms with Crippen LogP contribution in [0.4, 0.5) is 5.13 Å². The number of hydrogen-bond donors (Lipinski definition) is 1. The highest BCUT2D eigenvalue weighted by Gasteiger charge is 2.28. The molecule has 1 aromatic heterocycles. The minimum Gasteiger partial charge on any atom is -0.298 e. The summed E-state index contributed by atoms with van der Waals surface area (Å²) in [7, 11) is 0. The Bertz CT molecular complexity index is 1140. The summed E-state index contributed by atoms with van der Waals surface area (Å²) in [6.07, 6.45) is 1.19. The van der Waals surface area contributed by atoms with Crippen LogP contribution < -0.4 is 5.32 Å². The molecule has 3 aromatic rings. The van der Waals surface area contributed by atoms with E-state index in [2.05, 4.69) is 10.3 Å². The van der Waals surface area contributed by atoms with Crippen molar-refractivity contribution in [3.05, 3.63) is 80.8 Å². The first-order valence-electron chi connectivity index (χ1n) is 9.84. The molecule has 2 heterocycles. The van der Waals surface area contributed by atoms with Gasteiger partial charge >= 0.3 is 0 Å². The fraction of sp³-hybridized carbons (Fsp3) is 0.217. The summed E-state index contributed by atoms with van der Waals surface area (Å²) in [4.78, 5) is 42.9. The van der Waals surface area contributed by atoms with Crippen molar-refractivity contribution in [2.24, 2.45) is 0 Å². The minimum atomic E-state index is -0.266. The molecular formula is C23H20ClN3O3S. The lowest BCUT2D eigenvalue weighted by Gasteiger charge is -2.13. The Labute approximate surface area is 188 Å². The maximum Gasteiger partial charge on any atom is 0.257 e. The summed E-state index contributed by atoms with van der Waals surface area (Å²) in [5.74, 6) is -0.574. The van der Waals surface area contributed by atoms with E-state index in [1.165, 1.54) is 16.2 Å². The number of imide groups is 1. The Hall–Kier alpha value is -3.03. The third-order valence-electron chi connectivity index (χ3n) is 5.13. The number of nitrogens with one attached hydrogen (secondary N) is 1. The monoisotopic (exact) mass is 453 g/mol. The third-order valence-corrected chi connectivity index (χ3v) is 6.58. The number of hydrogen-bond acceptors (Lipinski definition) is 5. The van der Waals surface area contributed by atoms with Gasteiger partial charge in [-0.15, -0.1) is 11.3 Å². The quantitative estimate of drug-likeness (QED) is 0.553. The van der Waals surface area contributed by atoms with Gasteiger partial charge in [0.1, 0.15) is 0 Å². The molecule has 8 heteroatoms. The van der Waals surface area contributed by atoms with Gasteiger partial charge in [0.15, 0.2) is 5.13 Å². The highest BCUT2D eigenvalue weighted by molar-refractivity contribution is 7.15. The van der Waals surface area contributed by atoms with Crippen LogP contribution >= 0.6 is 22.9 Å². The van der Waals surface area contributed by atoms with E-state index in [1.807, 2.05) is 31.2 Å². The van der Waals surface area contributed by atoms with Crippen molar-refractivity contribution in [3.63, 3.8) is 0 Å². The molecule has 0 saturated carbocycles. The SMILES string of the molecule is Cc1nc(NC(=O)c2ccc(CN3C(=O)CCC3=O)cc2)sc1Cc1ccccc1Cl. The van der Waals surface area contributed by atoms with Crippen molar-refractivity contribution in [1.29, 1.82) is 0 Å². The van der Waals surface area contributed by atoms with Crippen LogP contribution in [0.25, 0.3) is 0 Å². The molecule has 158 valence electrons. The van der Waals surface area contributed by atoms with Crippen molar-refractivity contribution >= 4 is 45.8 Å². The number of benzene rings is 2. The van der Waals surface area contributed by atoms with E-state index in [9.17, 15) is 14.4 Å². The lowest BCUT2D eigenvalue weighted by atomic mass is 10.1. The van der Waals surface area contributed by atoms with Gasteiger partial charge in [0.25, 0.3) is 5.91 Å². The molecule has 0 atom stereocenters. The lowest BCUT2D eigenvalue weighted by molar-refractivity contribution is -0.139. The number of amides is 3. The standard InChI is InChI=1S/C23H20ClN3O3S/c1-14-19(12-17-4-2-3-5-18(17)24)31-23(25-14)26-22(30)16-8-6-15(7-9-16)13-27-20(28)10-11-21(27)29/h2-9H,10-13H2,1H3,(H,25,26,30). The normalized spacial score (nSPS) is 13.7. The molecule has 0 radical (unpaired) electrons. The number of halogens is 1. The number of nitrogens with zero attached hydrogens (tertiary/aromatic N) is 2. The predicted molar refractivity (Wildman–Crippen MR) is 120 cm³/mol. The first-order chi connectivity index (χ1) is 14.9. The number of thiazole rings is 1. The molecule has 6 nitrogen and oxygen atoms in total. The molecule has 1 N–H and O–H groups in total. The van der Waals surface area contributed by atoms with Gasteiger partial charge < -0.3 is 0 Å². The van der Waals surface area contributed by atoms with E-state index in [0.29, 0.717) is 22.1 Å². The van der Waals surface area contributed by atoms with E-state index in [4.69, 9.17) is 11.6 Å². The number of aromatic nitrogens is 1. The topological polar surface area (TPSA) is 79.4 Å². The Balaban J connectivity index is 1.41. The summed E-state index contributed by atoms with van der Waals surface area (Å²) in [6, 6.07) is 14.5. The second-order valence-electron chi connectivity index (χ2n) is 7.32. The fourth-order valence-corrected chi connectivity index (χ4v) is 4.56. The average molecular weight is 454 g/mol. The summed E-state index contributed by atoms with van der Waals surface area (Å²) < 4.78 is 0. The van der Waals surface area contributed by atoms with Gasteiger partial charge in [-0.3, -0.25) is 24.6 Å². The van der Waals surface area contributed by atoms with Crippen LogP contribution in [0, 0.1) is 6.92 Å². The Kier molecular flexibility index (Phi) is 6.15. The summed E-state index contributed by atoms with van der Waals surface area (Å²) in [6.45, 7) is 2.14. The van der Waals surface area contributed by atoms with E-state index in [0.717, 1.165) is 21.7 Å². The third kappa shape index (κ3) is 4.84. The molecule has 0 bridgehead atoms. The molecule has 0 spiro atoms. The zero-order chi connectivity index (χ0) is 22.0. The van der Waals surface area contributed by atoms with Crippen molar-refractivity contribution in [1.82, 2.24) is 9.88 Å². The number of likely N-dealkylation sites (tertiary alicyclic amines) is 1. The van der Waals surface area contributed by atoms with Crippen molar-refractivity contribution in [3.8, 4) is 0 Å². The van der Waals surface area contributed by atoms with Crippen LogP contribution in [0.15, 0.2) is 48.5 Å². The molecule has 1 aliphatic heterocycles. The van der Waals surface area contributed by atoms with E-state index in [1.54, 1.807) is 24.3 Å². The van der Waals surface area contributed by atoms with Crippen molar-refractivity contribution in [2.75, 3.05) is 5.32 Å². The maximum absolute atomic E-state index is 12.6. The second kappa shape index (κ2) is 8.99. The molecule has 1 aliphatic rings. The molecule has 31 heavy (non-hydrogen) atoms. The summed E-state index contributed by atoms with van der Waals surface area (Å²) in [5.41, 5.74) is 3.14. The smallest absolute Gasteiger partial charge is 0.257 e. The highest BCUT2D eigenvalue weighted by Crippen LogP contribution is 2.28. The second-order valence-corrected chi connectivity index (χ2v) is 8.81. The zero-order valence-electron chi connectivity index (χ0n) is 16.9. The largest absolute Gasteiger partial charge is 0.298 e. The summed E-state index contributed by atoms with van der Waals surface area (Å²) in [5, 5.41) is 4.08. The van der Waals surface area contributed by atoms with Gasteiger partial charge in [0.05, 0.1) is 12.2 Å². The van der Waals surface area contributed by atoms with Crippen LogP contribution in [-0.4, -0.2) is 27.6 Å². The van der Waals surface area contributed by atoms with Crippen molar-refractivity contribution in [2.45, 2.75) is 32.7 Å². The molecule has 1 fully saturated rings. The van der Waals surface area contributed by atoms with E-state index in [-0.39, 0.29) is 37.1 Å². The number of carbonyl (C=O) groups excluding carboxylic acids is 3.